The van der Waals surface area contributed by atoms with E-state index in [4.69, 9.17) is 4.74 Å². The second-order valence-corrected chi connectivity index (χ2v) is 8.05. The molecule has 0 unspecified atom stereocenters. The van der Waals surface area contributed by atoms with Gasteiger partial charge in [0.2, 0.25) is 0 Å². The summed E-state index contributed by atoms with van der Waals surface area (Å²) in [6, 6.07) is 17.0. The molecule has 1 aliphatic heterocycles. The number of hydrogen-bond acceptors (Lipinski definition) is 5. The Hall–Kier alpha value is -3.38. The van der Waals surface area contributed by atoms with E-state index in [0.717, 1.165) is 34.7 Å². The van der Waals surface area contributed by atoms with Gasteiger partial charge in [-0.15, -0.1) is 0 Å². The zero-order valence-electron chi connectivity index (χ0n) is 17.4. The Balaban J connectivity index is 1.62. The molecule has 0 saturated carbocycles. The van der Waals surface area contributed by atoms with E-state index in [-0.39, 0.29) is 24.3 Å². The van der Waals surface area contributed by atoms with Crippen molar-refractivity contribution in [1.82, 2.24) is 4.90 Å². The molecule has 1 saturated heterocycles. The van der Waals surface area contributed by atoms with Gasteiger partial charge in [-0.05, 0) is 72.2 Å². The van der Waals surface area contributed by atoms with Crippen molar-refractivity contribution in [1.29, 1.82) is 0 Å². The number of nitrogens with zero attached hydrogens (tertiary/aromatic N) is 1. The second-order valence-electron chi connectivity index (χ2n) is 7.06. The Labute approximate surface area is 186 Å². The van der Waals surface area contributed by atoms with Crippen LogP contribution in [0.25, 0.3) is 12.2 Å². The third-order valence-corrected chi connectivity index (χ3v) is 5.38. The van der Waals surface area contributed by atoms with Crippen LogP contribution in [-0.4, -0.2) is 35.5 Å². The number of hydrogen-bond donors (Lipinski definition) is 0. The van der Waals surface area contributed by atoms with Gasteiger partial charge in [0.25, 0.3) is 11.1 Å². The van der Waals surface area contributed by atoms with Gasteiger partial charge < -0.3 is 4.74 Å². The van der Waals surface area contributed by atoms with E-state index in [1.54, 1.807) is 13.0 Å². The number of benzene rings is 2. The van der Waals surface area contributed by atoms with Crippen LogP contribution in [0, 0.1) is 0 Å². The predicted molar refractivity (Wildman–Crippen MR) is 125 cm³/mol. The van der Waals surface area contributed by atoms with Crippen molar-refractivity contribution in [2.75, 3.05) is 13.2 Å². The van der Waals surface area contributed by atoms with Crippen LogP contribution in [0.1, 0.15) is 25.0 Å². The first kappa shape index (κ1) is 22.3. The molecular weight excluding hydrogens is 410 g/mol. The number of imide groups is 1. The maximum Gasteiger partial charge on any atom is 0.293 e. The van der Waals surface area contributed by atoms with E-state index in [0.29, 0.717) is 16.2 Å². The molecule has 6 heteroatoms. The highest BCUT2D eigenvalue weighted by Crippen LogP contribution is 2.31. The first-order valence-electron chi connectivity index (χ1n) is 9.81. The quantitative estimate of drug-likeness (QED) is 0.415. The summed E-state index contributed by atoms with van der Waals surface area (Å²) in [5, 5.41) is -0.289. The summed E-state index contributed by atoms with van der Waals surface area (Å²) < 4.78 is 5.59. The van der Waals surface area contributed by atoms with Gasteiger partial charge >= 0.3 is 0 Å². The van der Waals surface area contributed by atoms with Crippen LogP contribution in [-0.2, 0) is 9.59 Å². The van der Waals surface area contributed by atoms with E-state index in [1.165, 1.54) is 4.90 Å². The van der Waals surface area contributed by atoms with Gasteiger partial charge in [-0.25, -0.2) is 0 Å². The molecule has 31 heavy (non-hydrogen) atoms. The van der Waals surface area contributed by atoms with Gasteiger partial charge in [0, 0.05) is 0 Å². The fraction of sp³-hybridized carbons (Fsp3) is 0.160. The maximum absolute atomic E-state index is 12.6. The first-order chi connectivity index (χ1) is 15.0. The van der Waals surface area contributed by atoms with Gasteiger partial charge in [-0.1, -0.05) is 48.5 Å². The molecule has 1 aliphatic rings. The maximum atomic E-state index is 12.6. The average Bonchev–Trinajstić information content (AvgIpc) is 3.03. The number of carbonyl (C=O) groups is 3. The van der Waals surface area contributed by atoms with Gasteiger partial charge in [0.15, 0.2) is 0 Å². The molecule has 2 amide bonds. The normalized spacial score (nSPS) is 16.2. The van der Waals surface area contributed by atoms with E-state index < -0.39 is 0 Å². The Morgan fingerprint density at radius 1 is 0.935 bits per heavy atom. The van der Waals surface area contributed by atoms with Crippen LogP contribution in [0.3, 0.4) is 0 Å². The summed E-state index contributed by atoms with van der Waals surface area (Å²) in [6.07, 6.45) is 6.30. The largest absolute Gasteiger partial charge is 0.492 e. The molecule has 0 aliphatic carbocycles. The van der Waals surface area contributed by atoms with Crippen LogP contribution in [0.15, 0.2) is 76.7 Å². The molecule has 0 aromatic heterocycles. The van der Waals surface area contributed by atoms with Crippen LogP contribution in [0.2, 0.25) is 0 Å². The number of ether oxygens (including phenoxy) is 1. The third kappa shape index (κ3) is 6.30. The Kier molecular flexibility index (Phi) is 7.62. The van der Waals surface area contributed by atoms with Gasteiger partial charge in [-0.2, -0.15) is 0 Å². The van der Waals surface area contributed by atoms with E-state index >= 15 is 0 Å². The van der Waals surface area contributed by atoms with E-state index in [1.807, 2.05) is 73.7 Å². The molecule has 0 radical (unpaired) electrons. The minimum Gasteiger partial charge on any atom is -0.492 e. The summed E-state index contributed by atoms with van der Waals surface area (Å²) in [5.74, 6) is 0.399. The summed E-state index contributed by atoms with van der Waals surface area (Å²) >= 11 is 0.940. The average molecular weight is 434 g/mol. The van der Waals surface area contributed by atoms with Crippen molar-refractivity contribution >= 4 is 41.3 Å². The molecule has 0 atom stereocenters. The monoisotopic (exact) mass is 433 g/mol. The van der Waals surface area contributed by atoms with Gasteiger partial charge in [-0.3, -0.25) is 19.3 Å². The van der Waals surface area contributed by atoms with Crippen LogP contribution in [0.4, 0.5) is 4.79 Å². The molecule has 1 heterocycles. The standard InChI is InChI=1S/C25H23NO4S/c1-18(14-20-8-10-21(11-9-20)15-19(2)17-27)16-23-24(28)26(25(29)31-23)12-13-30-22-6-4-3-5-7-22/h3-11,14-17H,12-13H2,1-2H3/b18-14+,19-15+,23-16-. The number of amides is 2. The highest BCUT2D eigenvalue weighted by atomic mass is 32.2. The van der Waals surface area contributed by atoms with Crippen molar-refractivity contribution in [3.05, 3.63) is 87.9 Å². The minimum atomic E-state index is -0.302. The minimum absolute atomic E-state index is 0.203. The molecule has 0 bridgehead atoms. The third-order valence-electron chi connectivity index (χ3n) is 4.47. The van der Waals surface area contributed by atoms with Crippen LogP contribution < -0.4 is 4.74 Å². The molecule has 0 N–H and O–H groups in total. The Morgan fingerprint density at radius 2 is 1.55 bits per heavy atom. The van der Waals surface area contributed by atoms with Crippen molar-refractivity contribution in [2.24, 2.45) is 0 Å². The number of aldehydes is 1. The highest BCUT2D eigenvalue weighted by molar-refractivity contribution is 8.18. The predicted octanol–water partition coefficient (Wildman–Crippen LogP) is 5.35. The molecule has 158 valence electrons. The Morgan fingerprint density at radius 3 is 2.16 bits per heavy atom. The zero-order chi connectivity index (χ0) is 22.2. The fourth-order valence-corrected chi connectivity index (χ4v) is 3.88. The molecule has 5 nitrogen and oxygen atoms in total. The Bertz CT molecular complexity index is 1050. The lowest BCUT2D eigenvalue weighted by Crippen LogP contribution is -2.32. The van der Waals surface area contributed by atoms with Gasteiger partial charge in [0.1, 0.15) is 18.6 Å². The number of allylic oxidation sites excluding steroid dienone is 3. The van der Waals surface area contributed by atoms with Crippen LogP contribution in [0.5, 0.6) is 5.75 Å². The number of carbonyl (C=O) groups excluding carboxylic acids is 3. The molecule has 2 aromatic rings. The summed E-state index contributed by atoms with van der Waals surface area (Å²) in [7, 11) is 0. The van der Waals surface area contributed by atoms with Crippen molar-refractivity contribution in [3.63, 3.8) is 0 Å². The fourth-order valence-electron chi connectivity index (χ4n) is 2.96. The summed E-state index contributed by atoms with van der Waals surface area (Å²) in [4.78, 5) is 37.2. The van der Waals surface area contributed by atoms with E-state index in [2.05, 4.69) is 0 Å². The second kappa shape index (κ2) is 10.6. The lowest BCUT2D eigenvalue weighted by atomic mass is 10.1. The van der Waals surface area contributed by atoms with Crippen LogP contribution >= 0.6 is 11.8 Å². The molecular formula is C25H23NO4S. The van der Waals surface area contributed by atoms with Crippen molar-refractivity contribution in [3.8, 4) is 5.75 Å². The topological polar surface area (TPSA) is 63.7 Å². The lowest BCUT2D eigenvalue weighted by molar-refractivity contribution is -0.123. The number of para-hydroxylation sites is 1. The molecule has 3 rings (SSSR count). The van der Waals surface area contributed by atoms with Gasteiger partial charge in [0.05, 0.1) is 11.4 Å². The SMILES string of the molecule is C/C(C=O)=C\c1ccc(/C=C(C)/C=C2\SC(=O)N(CCOc3ccccc3)C2=O)cc1. The highest BCUT2D eigenvalue weighted by Gasteiger charge is 2.34. The molecule has 0 spiro atoms. The smallest absolute Gasteiger partial charge is 0.293 e. The first-order valence-corrected chi connectivity index (χ1v) is 10.6. The zero-order valence-corrected chi connectivity index (χ0v) is 18.2. The summed E-state index contributed by atoms with van der Waals surface area (Å²) in [5.41, 5.74) is 3.42. The summed E-state index contributed by atoms with van der Waals surface area (Å²) in [6.45, 7) is 4.09. The van der Waals surface area contributed by atoms with Crippen molar-refractivity contribution < 1.29 is 19.1 Å². The molecule has 2 aromatic carbocycles. The lowest BCUT2D eigenvalue weighted by Gasteiger charge is -2.13. The number of rotatable bonds is 8. The van der Waals surface area contributed by atoms with E-state index in [9.17, 15) is 14.4 Å². The molecule has 1 fully saturated rings. The number of thioether (sulfide) groups is 1. The van der Waals surface area contributed by atoms with Crippen molar-refractivity contribution in [2.45, 2.75) is 13.8 Å².